The molecule has 1 aromatic heterocycles. The van der Waals surface area contributed by atoms with Crippen molar-refractivity contribution in [2.75, 3.05) is 31.1 Å². The Labute approximate surface area is 166 Å². The monoisotopic (exact) mass is 373 g/mol. The molecular weight excluding hydrogens is 346 g/mol. The lowest BCUT2D eigenvalue weighted by molar-refractivity contribution is 0.248. The zero-order valence-electron chi connectivity index (χ0n) is 16.5. The molecule has 0 unspecified atom stereocenters. The first-order valence-electron chi connectivity index (χ1n) is 9.92. The van der Waals surface area contributed by atoms with Gasteiger partial charge < -0.3 is 9.47 Å². The normalized spacial score (nSPS) is 15.1. The Kier molecular flexibility index (Phi) is 5.31. The number of hydrogen-bond donors (Lipinski definition) is 0. The van der Waals surface area contributed by atoms with Crippen LogP contribution in [0.5, 0.6) is 0 Å². The molecule has 28 heavy (non-hydrogen) atoms. The highest BCUT2D eigenvalue weighted by atomic mass is 16.1. The first-order chi connectivity index (χ1) is 13.7. The molecular formula is C24H27N3O. The minimum Gasteiger partial charge on any atom is -0.369 e. The van der Waals surface area contributed by atoms with Crippen molar-refractivity contribution in [1.82, 2.24) is 9.47 Å². The summed E-state index contributed by atoms with van der Waals surface area (Å²) >= 11 is 0. The Morgan fingerprint density at radius 1 is 1.00 bits per heavy atom. The number of para-hydroxylation sites is 1. The summed E-state index contributed by atoms with van der Waals surface area (Å²) in [7, 11) is 0. The fraction of sp³-hybridized carbons (Fsp3) is 0.292. The highest BCUT2D eigenvalue weighted by molar-refractivity contribution is 5.80. The van der Waals surface area contributed by atoms with Crippen LogP contribution in [-0.4, -0.2) is 35.6 Å². The summed E-state index contributed by atoms with van der Waals surface area (Å²) in [6, 6.07) is 18.9. The van der Waals surface area contributed by atoms with E-state index in [1.54, 1.807) is 6.08 Å². The molecule has 2 aromatic carbocycles. The van der Waals surface area contributed by atoms with Crippen molar-refractivity contribution in [3.63, 3.8) is 0 Å². The summed E-state index contributed by atoms with van der Waals surface area (Å²) in [5, 5.41) is 1.12. The molecule has 0 N–H and O–H groups in total. The molecule has 144 valence electrons. The van der Waals surface area contributed by atoms with Gasteiger partial charge >= 0.3 is 0 Å². The highest BCUT2D eigenvalue weighted by Crippen LogP contribution is 2.19. The van der Waals surface area contributed by atoms with Crippen LogP contribution in [0, 0.1) is 6.92 Å². The van der Waals surface area contributed by atoms with Gasteiger partial charge in [0.1, 0.15) is 0 Å². The molecule has 1 aliphatic heterocycles. The van der Waals surface area contributed by atoms with Crippen molar-refractivity contribution in [3.05, 3.63) is 88.7 Å². The van der Waals surface area contributed by atoms with Crippen LogP contribution in [0.3, 0.4) is 0 Å². The van der Waals surface area contributed by atoms with Gasteiger partial charge in [-0.3, -0.25) is 9.69 Å². The minimum absolute atomic E-state index is 0.0988. The van der Waals surface area contributed by atoms with Crippen molar-refractivity contribution in [3.8, 4) is 0 Å². The Morgan fingerprint density at radius 2 is 1.75 bits per heavy atom. The summed E-state index contributed by atoms with van der Waals surface area (Å²) < 4.78 is 1.84. The molecule has 0 amide bonds. The van der Waals surface area contributed by atoms with Crippen LogP contribution >= 0.6 is 0 Å². The number of fused-ring (bicyclic) bond motifs is 1. The lowest BCUT2D eigenvalue weighted by Gasteiger charge is -2.36. The quantitative estimate of drug-likeness (QED) is 0.637. The average molecular weight is 374 g/mol. The van der Waals surface area contributed by atoms with E-state index in [9.17, 15) is 4.79 Å². The third-order valence-electron chi connectivity index (χ3n) is 5.52. The van der Waals surface area contributed by atoms with Gasteiger partial charge in [-0.25, -0.2) is 0 Å². The van der Waals surface area contributed by atoms with Crippen LogP contribution in [0.25, 0.3) is 10.9 Å². The van der Waals surface area contributed by atoms with Crippen LogP contribution in [0.15, 0.2) is 72.0 Å². The Balaban J connectivity index is 1.56. The Morgan fingerprint density at radius 3 is 2.46 bits per heavy atom. The molecule has 0 bridgehead atoms. The fourth-order valence-corrected chi connectivity index (χ4v) is 4.04. The standard InChI is InChI=1S/C24H27N3O/c1-3-11-27-23-10-9-19(2)16-20(23)17-21(24(27)28)18-25-12-14-26(15-13-25)22-7-5-4-6-8-22/h3-10,16-17H,1,11-15,18H2,2H3. The topological polar surface area (TPSA) is 28.5 Å². The molecule has 1 fully saturated rings. The van der Waals surface area contributed by atoms with Crippen molar-refractivity contribution < 1.29 is 0 Å². The first-order valence-corrected chi connectivity index (χ1v) is 9.92. The molecule has 0 atom stereocenters. The van der Waals surface area contributed by atoms with Crippen LogP contribution in [0.1, 0.15) is 11.1 Å². The molecule has 2 heterocycles. The number of hydrogen-bond acceptors (Lipinski definition) is 3. The van der Waals surface area contributed by atoms with E-state index in [-0.39, 0.29) is 5.56 Å². The maximum Gasteiger partial charge on any atom is 0.255 e. The van der Waals surface area contributed by atoms with E-state index in [0.29, 0.717) is 13.1 Å². The van der Waals surface area contributed by atoms with Gasteiger partial charge in [0.2, 0.25) is 0 Å². The highest BCUT2D eigenvalue weighted by Gasteiger charge is 2.19. The van der Waals surface area contributed by atoms with Gasteiger partial charge in [-0.2, -0.15) is 0 Å². The Hall–Kier alpha value is -2.85. The number of aryl methyl sites for hydroxylation is 1. The second-order valence-electron chi connectivity index (χ2n) is 7.54. The number of anilines is 1. The average Bonchev–Trinajstić information content (AvgIpc) is 2.72. The third-order valence-corrected chi connectivity index (χ3v) is 5.52. The second-order valence-corrected chi connectivity index (χ2v) is 7.54. The second kappa shape index (κ2) is 8.03. The zero-order chi connectivity index (χ0) is 19.5. The van der Waals surface area contributed by atoms with Gasteiger partial charge in [0, 0.05) is 50.5 Å². The van der Waals surface area contributed by atoms with E-state index in [1.165, 1.54) is 11.3 Å². The zero-order valence-corrected chi connectivity index (χ0v) is 16.5. The molecule has 4 heteroatoms. The summed E-state index contributed by atoms with van der Waals surface area (Å²) in [6.45, 7) is 11.0. The van der Waals surface area contributed by atoms with Crippen molar-refractivity contribution in [2.24, 2.45) is 0 Å². The van der Waals surface area contributed by atoms with E-state index >= 15 is 0 Å². The van der Waals surface area contributed by atoms with Crippen LogP contribution < -0.4 is 10.5 Å². The molecule has 0 radical (unpaired) electrons. The van der Waals surface area contributed by atoms with Gasteiger partial charge in [-0.15, -0.1) is 6.58 Å². The molecule has 0 saturated carbocycles. The van der Waals surface area contributed by atoms with E-state index in [1.807, 2.05) is 10.6 Å². The van der Waals surface area contributed by atoms with Gasteiger partial charge in [-0.05, 0) is 42.6 Å². The lowest BCUT2D eigenvalue weighted by atomic mass is 10.1. The smallest absolute Gasteiger partial charge is 0.255 e. The molecule has 0 aliphatic carbocycles. The number of benzene rings is 2. The van der Waals surface area contributed by atoms with Gasteiger partial charge in [-0.1, -0.05) is 35.9 Å². The molecule has 1 aliphatic rings. The third kappa shape index (κ3) is 3.73. The maximum absolute atomic E-state index is 13.1. The summed E-state index contributed by atoms with van der Waals surface area (Å²) in [5.74, 6) is 0. The summed E-state index contributed by atoms with van der Waals surface area (Å²) in [4.78, 5) is 17.9. The van der Waals surface area contributed by atoms with Crippen molar-refractivity contribution in [1.29, 1.82) is 0 Å². The minimum atomic E-state index is 0.0988. The number of pyridine rings is 1. The van der Waals surface area contributed by atoms with Gasteiger partial charge in [0.05, 0.1) is 5.52 Å². The number of rotatable bonds is 5. The largest absolute Gasteiger partial charge is 0.369 e. The van der Waals surface area contributed by atoms with Crippen molar-refractivity contribution >= 4 is 16.6 Å². The van der Waals surface area contributed by atoms with E-state index in [0.717, 1.165) is 42.6 Å². The molecule has 3 aromatic rings. The van der Waals surface area contributed by atoms with Gasteiger partial charge in [0.25, 0.3) is 5.56 Å². The molecule has 4 nitrogen and oxygen atoms in total. The van der Waals surface area contributed by atoms with E-state index in [4.69, 9.17) is 0 Å². The van der Waals surface area contributed by atoms with Crippen LogP contribution in [-0.2, 0) is 13.1 Å². The number of allylic oxidation sites excluding steroid dienone is 1. The SMILES string of the molecule is C=CCn1c(=O)c(CN2CCN(c3ccccc3)CC2)cc2cc(C)ccc21. The van der Waals surface area contributed by atoms with E-state index in [2.05, 4.69) is 71.8 Å². The molecule has 1 saturated heterocycles. The van der Waals surface area contributed by atoms with Crippen molar-refractivity contribution in [2.45, 2.75) is 20.0 Å². The Bertz CT molecular complexity index is 1030. The summed E-state index contributed by atoms with van der Waals surface area (Å²) in [6.07, 6.45) is 1.79. The predicted molar refractivity (Wildman–Crippen MR) is 117 cm³/mol. The fourth-order valence-electron chi connectivity index (χ4n) is 4.04. The summed E-state index contributed by atoms with van der Waals surface area (Å²) in [5.41, 5.74) is 4.43. The molecule has 0 spiro atoms. The number of nitrogens with zero attached hydrogens (tertiary/aromatic N) is 3. The number of aromatic nitrogens is 1. The predicted octanol–water partition coefficient (Wildman–Crippen LogP) is 3.82. The maximum atomic E-state index is 13.1. The van der Waals surface area contributed by atoms with Crippen LogP contribution in [0.2, 0.25) is 0 Å². The lowest BCUT2D eigenvalue weighted by Crippen LogP contribution is -2.46. The van der Waals surface area contributed by atoms with Gasteiger partial charge in [0.15, 0.2) is 0 Å². The first kappa shape index (κ1) is 18.5. The molecule has 4 rings (SSSR count). The number of piperazine rings is 1. The van der Waals surface area contributed by atoms with Crippen LogP contribution in [0.4, 0.5) is 5.69 Å². The van der Waals surface area contributed by atoms with E-state index < -0.39 is 0 Å².